The van der Waals surface area contributed by atoms with Crippen LogP contribution in [0.4, 0.5) is 17.6 Å². The van der Waals surface area contributed by atoms with Gasteiger partial charge in [0.15, 0.2) is 5.90 Å². The molecule has 6 nitrogen and oxygen atoms in total. The van der Waals surface area contributed by atoms with Gasteiger partial charge in [-0.3, -0.25) is 0 Å². The van der Waals surface area contributed by atoms with E-state index in [-0.39, 0.29) is 31.4 Å². The normalized spacial score (nSPS) is 17.7. The third-order valence-corrected chi connectivity index (χ3v) is 8.13. The van der Waals surface area contributed by atoms with Crippen molar-refractivity contribution in [2.24, 2.45) is 4.99 Å². The topological polar surface area (TPSA) is 58.5 Å². The SMILES string of the molecule is CC1=NC(CCc2ccc(OCCCc3ccc(F)c(C)c3)c(C(F)(F)F)c2)(COP(OC(C)(C)C)OC(C)(C)C)CO1. The maximum atomic E-state index is 14.0. The van der Waals surface area contributed by atoms with Gasteiger partial charge < -0.3 is 23.0 Å². The standard InChI is InChI=1S/C32H44F4NO5P/c1-22-18-24(11-13-27(22)33)10-9-17-38-28-14-12-25(19-26(28)32(34,35)36)15-16-31(20-39-23(2)37-31)21-40-43(41-29(3,4)5)42-30(6,7)8/h11-14,18-19H,9-10,15-17,20-21H2,1-8H3. The molecule has 0 saturated heterocycles. The fourth-order valence-corrected chi connectivity index (χ4v) is 5.76. The lowest BCUT2D eigenvalue weighted by Gasteiger charge is -2.32. The summed E-state index contributed by atoms with van der Waals surface area (Å²) in [5.41, 5.74) is -0.692. The largest absolute Gasteiger partial charge is 0.493 e. The smallest absolute Gasteiger partial charge is 0.419 e. The molecule has 0 aliphatic carbocycles. The quantitative estimate of drug-likeness (QED) is 0.126. The Labute approximate surface area is 254 Å². The molecule has 1 aliphatic rings. The van der Waals surface area contributed by atoms with Crippen molar-refractivity contribution in [3.63, 3.8) is 0 Å². The number of hydrogen-bond acceptors (Lipinski definition) is 6. The average molecular weight is 630 g/mol. The van der Waals surface area contributed by atoms with Gasteiger partial charge in [-0.05, 0) is 109 Å². The maximum Gasteiger partial charge on any atom is 0.419 e. The summed E-state index contributed by atoms with van der Waals surface area (Å²) in [6, 6.07) is 8.96. The number of rotatable bonds is 13. The number of halogens is 4. The van der Waals surface area contributed by atoms with E-state index in [1.54, 1.807) is 32.0 Å². The summed E-state index contributed by atoms with van der Waals surface area (Å²) in [5.74, 6) is -0.00575. The number of alkyl halides is 3. The van der Waals surface area contributed by atoms with Crippen molar-refractivity contribution in [2.45, 2.75) is 104 Å². The summed E-state index contributed by atoms with van der Waals surface area (Å²) in [5, 5.41) is 0. The molecule has 11 heteroatoms. The lowest BCUT2D eigenvalue weighted by atomic mass is 9.93. The van der Waals surface area contributed by atoms with Crippen LogP contribution < -0.4 is 4.74 Å². The zero-order chi connectivity index (χ0) is 32.1. The van der Waals surface area contributed by atoms with E-state index >= 15 is 0 Å². The van der Waals surface area contributed by atoms with Crippen LogP contribution in [0.15, 0.2) is 41.4 Å². The van der Waals surface area contributed by atoms with E-state index in [4.69, 9.17) is 23.0 Å². The molecule has 0 aromatic heterocycles. The third-order valence-electron chi connectivity index (χ3n) is 6.40. The summed E-state index contributed by atoms with van der Waals surface area (Å²) < 4.78 is 85.0. The number of nitrogens with zero attached hydrogens (tertiary/aromatic N) is 1. The van der Waals surface area contributed by atoms with E-state index in [1.807, 2.05) is 41.5 Å². The van der Waals surface area contributed by atoms with Gasteiger partial charge in [0.2, 0.25) is 0 Å². The van der Waals surface area contributed by atoms with Gasteiger partial charge >= 0.3 is 14.8 Å². The minimum absolute atomic E-state index is 0.0981. The van der Waals surface area contributed by atoms with Gasteiger partial charge in [0.05, 0.1) is 30.0 Å². The van der Waals surface area contributed by atoms with Crippen molar-refractivity contribution >= 4 is 14.5 Å². The highest BCUT2D eigenvalue weighted by Crippen LogP contribution is 2.48. The van der Waals surface area contributed by atoms with E-state index in [1.165, 1.54) is 12.1 Å². The Morgan fingerprint density at radius 1 is 0.907 bits per heavy atom. The van der Waals surface area contributed by atoms with Gasteiger partial charge in [0.25, 0.3) is 0 Å². The van der Waals surface area contributed by atoms with Crippen LogP contribution in [0.1, 0.15) is 83.6 Å². The highest BCUT2D eigenvalue weighted by molar-refractivity contribution is 7.41. The fraction of sp³-hybridized carbons (Fsp3) is 0.594. The van der Waals surface area contributed by atoms with Crippen molar-refractivity contribution < 1.29 is 40.6 Å². The molecule has 0 bridgehead atoms. The molecule has 2 aromatic carbocycles. The first-order valence-corrected chi connectivity index (χ1v) is 15.5. The highest BCUT2D eigenvalue weighted by Gasteiger charge is 2.39. The molecule has 43 heavy (non-hydrogen) atoms. The molecular weight excluding hydrogens is 585 g/mol. The Balaban J connectivity index is 1.67. The van der Waals surface area contributed by atoms with Crippen LogP contribution in [0, 0.1) is 12.7 Å². The zero-order valence-corrected chi connectivity index (χ0v) is 27.3. The Hall–Kier alpha value is -2.26. The van der Waals surface area contributed by atoms with E-state index in [0.29, 0.717) is 42.7 Å². The number of hydrogen-bond donors (Lipinski definition) is 0. The Kier molecular flexibility index (Phi) is 11.7. The highest BCUT2D eigenvalue weighted by atomic mass is 31.2. The molecule has 1 unspecified atom stereocenters. The summed E-state index contributed by atoms with van der Waals surface area (Å²) in [6.45, 7) is 15.3. The van der Waals surface area contributed by atoms with Crippen molar-refractivity contribution in [1.82, 2.24) is 0 Å². The molecule has 0 amide bonds. The second-order valence-corrected chi connectivity index (χ2v) is 14.0. The van der Waals surface area contributed by atoms with Crippen LogP contribution in [0.2, 0.25) is 0 Å². The number of benzene rings is 2. The Morgan fingerprint density at radius 3 is 2.09 bits per heavy atom. The van der Waals surface area contributed by atoms with Gasteiger partial charge in [-0.15, -0.1) is 0 Å². The third kappa shape index (κ3) is 11.6. The summed E-state index contributed by atoms with van der Waals surface area (Å²) in [4.78, 5) is 4.67. The molecule has 3 rings (SSSR count). The van der Waals surface area contributed by atoms with Crippen molar-refractivity contribution in [3.8, 4) is 5.75 Å². The average Bonchev–Trinajstić information content (AvgIpc) is 3.25. The van der Waals surface area contributed by atoms with Gasteiger partial charge in [-0.25, -0.2) is 9.38 Å². The number of aliphatic imine (C=N–C) groups is 1. The van der Waals surface area contributed by atoms with E-state index in [2.05, 4.69) is 4.99 Å². The maximum absolute atomic E-state index is 14.0. The summed E-state index contributed by atoms with van der Waals surface area (Å²) >= 11 is 0. The van der Waals surface area contributed by atoms with Crippen molar-refractivity contribution in [1.29, 1.82) is 0 Å². The van der Waals surface area contributed by atoms with Gasteiger partial charge in [0.1, 0.15) is 23.7 Å². The Bertz CT molecular complexity index is 1240. The molecule has 0 saturated carbocycles. The first-order chi connectivity index (χ1) is 19.8. The lowest BCUT2D eigenvalue weighted by Crippen LogP contribution is -2.35. The van der Waals surface area contributed by atoms with Crippen LogP contribution >= 0.6 is 8.60 Å². The van der Waals surface area contributed by atoms with E-state index in [0.717, 1.165) is 11.6 Å². The fourth-order valence-electron chi connectivity index (χ4n) is 4.38. The van der Waals surface area contributed by atoms with E-state index < -0.39 is 37.1 Å². The molecular formula is C32H44F4NO5P. The van der Waals surface area contributed by atoms with Gasteiger partial charge in [0, 0.05) is 6.92 Å². The molecule has 1 aliphatic heterocycles. The van der Waals surface area contributed by atoms with Crippen LogP contribution in [-0.2, 0) is 37.3 Å². The minimum atomic E-state index is -4.59. The second-order valence-electron chi connectivity index (χ2n) is 12.9. The second kappa shape index (κ2) is 14.2. The van der Waals surface area contributed by atoms with Gasteiger partial charge in [-0.1, -0.05) is 18.2 Å². The molecule has 0 spiro atoms. The van der Waals surface area contributed by atoms with Crippen LogP contribution in [0.25, 0.3) is 0 Å². The Morgan fingerprint density at radius 2 is 1.53 bits per heavy atom. The van der Waals surface area contributed by atoms with Crippen LogP contribution in [0.5, 0.6) is 5.75 Å². The predicted molar refractivity (Wildman–Crippen MR) is 161 cm³/mol. The molecule has 0 N–H and O–H groups in total. The first-order valence-electron chi connectivity index (χ1n) is 14.4. The molecule has 240 valence electrons. The van der Waals surface area contributed by atoms with Crippen LogP contribution in [0.3, 0.4) is 0 Å². The molecule has 2 aromatic rings. The molecule has 1 heterocycles. The monoisotopic (exact) mass is 629 g/mol. The van der Waals surface area contributed by atoms with Gasteiger partial charge in [-0.2, -0.15) is 13.2 Å². The van der Waals surface area contributed by atoms with Crippen LogP contribution in [-0.4, -0.2) is 42.5 Å². The van der Waals surface area contributed by atoms with E-state index in [9.17, 15) is 17.6 Å². The molecule has 0 radical (unpaired) electrons. The first kappa shape index (κ1) is 35.2. The van der Waals surface area contributed by atoms with Crippen molar-refractivity contribution in [2.75, 3.05) is 19.8 Å². The summed E-state index contributed by atoms with van der Waals surface area (Å²) in [6.07, 6.45) is -2.82. The zero-order valence-electron chi connectivity index (χ0n) is 26.4. The van der Waals surface area contributed by atoms with Crippen molar-refractivity contribution in [3.05, 3.63) is 64.5 Å². The lowest BCUT2D eigenvalue weighted by molar-refractivity contribution is -0.139. The minimum Gasteiger partial charge on any atom is -0.493 e. The molecule has 0 fully saturated rings. The molecule has 1 atom stereocenters. The summed E-state index contributed by atoms with van der Waals surface area (Å²) in [7, 11) is -1.72. The number of aryl methyl sites for hydroxylation is 3. The predicted octanol–water partition coefficient (Wildman–Crippen LogP) is 9.16. The number of ether oxygens (including phenoxy) is 2.